The van der Waals surface area contributed by atoms with E-state index < -0.39 is 0 Å². The Morgan fingerprint density at radius 1 is 1.00 bits per heavy atom. The van der Waals surface area contributed by atoms with Gasteiger partial charge in [-0.05, 0) is 54.3 Å². The number of carbonyl (C=O) groups excluding carboxylic acids is 1. The molecule has 0 atom stereocenters. The highest BCUT2D eigenvalue weighted by molar-refractivity contribution is 6.30. The second-order valence-electron chi connectivity index (χ2n) is 7.02. The Bertz CT molecular complexity index is 691. The van der Waals surface area contributed by atoms with Crippen LogP contribution in [0.15, 0.2) is 48.5 Å². The number of ether oxygens (including phenoxy) is 1. The third kappa shape index (κ3) is 6.06. The molecule has 0 bridgehead atoms. The maximum Gasteiger partial charge on any atom is 0.228 e. The molecule has 0 heterocycles. The lowest BCUT2D eigenvalue weighted by atomic mass is 9.87. The van der Waals surface area contributed by atoms with E-state index in [9.17, 15) is 4.79 Å². The number of hydrogen-bond acceptors (Lipinski definition) is 2. The molecule has 0 saturated heterocycles. The SMILES string of the molecule is O=C(Cc1ccc(Cl)cc1)Nc1ccc(OCCC2CCCCC2)cc1. The minimum atomic E-state index is -0.0433. The molecule has 0 unspecified atom stereocenters. The lowest BCUT2D eigenvalue weighted by Gasteiger charge is -2.21. The number of benzene rings is 2. The van der Waals surface area contributed by atoms with Gasteiger partial charge >= 0.3 is 0 Å². The largest absolute Gasteiger partial charge is 0.494 e. The second-order valence-corrected chi connectivity index (χ2v) is 7.45. The normalized spacial score (nSPS) is 14.8. The standard InChI is InChI=1S/C22H26ClNO2/c23-19-8-6-18(7-9-19)16-22(25)24-20-10-12-21(13-11-20)26-15-14-17-4-2-1-3-5-17/h6-13,17H,1-5,14-16H2,(H,24,25). The van der Waals surface area contributed by atoms with Crippen molar-refractivity contribution in [2.45, 2.75) is 44.9 Å². The average molecular weight is 372 g/mol. The monoisotopic (exact) mass is 371 g/mol. The highest BCUT2D eigenvalue weighted by Crippen LogP contribution is 2.26. The molecule has 1 aliphatic rings. The van der Waals surface area contributed by atoms with Gasteiger partial charge in [-0.2, -0.15) is 0 Å². The van der Waals surface area contributed by atoms with Crippen molar-refractivity contribution in [1.82, 2.24) is 0 Å². The van der Waals surface area contributed by atoms with E-state index in [-0.39, 0.29) is 5.91 Å². The van der Waals surface area contributed by atoms with Crippen LogP contribution in [0.3, 0.4) is 0 Å². The molecule has 3 rings (SSSR count). The predicted molar refractivity (Wildman–Crippen MR) is 107 cm³/mol. The summed E-state index contributed by atoms with van der Waals surface area (Å²) in [7, 11) is 0. The van der Waals surface area contributed by atoms with E-state index in [0.29, 0.717) is 11.4 Å². The van der Waals surface area contributed by atoms with E-state index in [4.69, 9.17) is 16.3 Å². The van der Waals surface area contributed by atoms with Gasteiger partial charge in [-0.25, -0.2) is 0 Å². The Kier molecular flexibility index (Phi) is 6.96. The number of halogens is 1. The van der Waals surface area contributed by atoms with E-state index in [0.717, 1.165) is 35.9 Å². The minimum Gasteiger partial charge on any atom is -0.494 e. The van der Waals surface area contributed by atoms with Gasteiger partial charge in [-0.3, -0.25) is 4.79 Å². The van der Waals surface area contributed by atoms with Gasteiger partial charge in [0.25, 0.3) is 0 Å². The summed E-state index contributed by atoms with van der Waals surface area (Å²) in [6, 6.07) is 14.9. The number of anilines is 1. The summed E-state index contributed by atoms with van der Waals surface area (Å²) < 4.78 is 5.85. The highest BCUT2D eigenvalue weighted by Gasteiger charge is 2.13. The molecule has 138 valence electrons. The van der Waals surface area contributed by atoms with Gasteiger partial charge in [0, 0.05) is 10.7 Å². The minimum absolute atomic E-state index is 0.0433. The molecule has 1 fully saturated rings. The summed E-state index contributed by atoms with van der Waals surface area (Å²) in [5.41, 5.74) is 1.72. The number of amides is 1. The maximum absolute atomic E-state index is 12.1. The highest BCUT2D eigenvalue weighted by atomic mass is 35.5. The fourth-order valence-electron chi connectivity index (χ4n) is 3.45. The molecule has 0 radical (unpaired) electrons. The van der Waals surface area contributed by atoms with Crippen molar-refractivity contribution in [2.75, 3.05) is 11.9 Å². The van der Waals surface area contributed by atoms with E-state index in [1.54, 1.807) is 12.1 Å². The van der Waals surface area contributed by atoms with Crippen LogP contribution in [-0.2, 0) is 11.2 Å². The van der Waals surface area contributed by atoms with Gasteiger partial charge in [0.2, 0.25) is 5.91 Å². The zero-order valence-corrected chi connectivity index (χ0v) is 15.8. The maximum atomic E-state index is 12.1. The van der Waals surface area contributed by atoms with Crippen LogP contribution < -0.4 is 10.1 Å². The summed E-state index contributed by atoms with van der Waals surface area (Å²) in [6.07, 6.45) is 8.30. The molecule has 1 saturated carbocycles. The van der Waals surface area contributed by atoms with Crippen LogP contribution in [0.5, 0.6) is 5.75 Å². The molecule has 4 heteroatoms. The molecule has 0 aromatic heterocycles. The Labute approximate surface area is 160 Å². The quantitative estimate of drug-likeness (QED) is 0.660. The van der Waals surface area contributed by atoms with E-state index in [1.165, 1.54) is 32.1 Å². The smallest absolute Gasteiger partial charge is 0.228 e. The van der Waals surface area contributed by atoms with Gasteiger partial charge in [0.05, 0.1) is 13.0 Å². The predicted octanol–water partition coefficient (Wildman–Crippen LogP) is 5.87. The summed E-state index contributed by atoms with van der Waals surface area (Å²) >= 11 is 5.86. The van der Waals surface area contributed by atoms with Crippen molar-refractivity contribution in [2.24, 2.45) is 5.92 Å². The molecule has 0 aliphatic heterocycles. The topological polar surface area (TPSA) is 38.3 Å². The van der Waals surface area contributed by atoms with Crippen LogP contribution in [0, 0.1) is 5.92 Å². The van der Waals surface area contributed by atoms with Gasteiger partial charge in [0.1, 0.15) is 5.75 Å². The molecule has 1 N–H and O–H groups in total. The van der Waals surface area contributed by atoms with Crippen LogP contribution in [0.2, 0.25) is 5.02 Å². The number of rotatable bonds is 7. The van der Waals surface area contributed by atoms with Crippen molar-refractivity contribution in [3.05, 3.63) is 59.1 Å². The van der Waals surface area contributed by atoms with Crippen LogP contribution >= 0.6 is 11.6 Å². The third-order valence-electron chi connectivity index (χ3n) is 4.94. The fraction of sp³-hybridized carbons (Fsp3) is 0.409. The molecule has 2 aromatic rings. The van der Waals surface area contributed by atoms with Gasteiger partial charge in [-0.15, -0.1) is 0 Å². The number of carbonyl (C=O) groups is 1. The number of nitrogens with one attached hydrogen (secondary N) is 1. The zero-order chi connectivity index (χ0) is 18.2. The molecular weight excluding hydrogens is 346 g/mol. The summed E-state index contributed by atoms with van der Waals surface area (Å²) in [5.74, 6) is 1.64. The van der Waals surface area contributed by atoms with Crippen LogP contribution in [-0.4, -0.2) is 12.5 Å². The van der Waals surface area contributed by atoms with E-state index >= 15 is 0 Å². The molecule has 1 aliphatic carbocycles. The van der Waals surface area contributed by atoms with E-state index in [1.807, 2.05) is 36.4 Å². The van der Waals surface area contributed by atoms with Crippen molar-refractivity contribution < 1.29 is 9.53 Å². The van der Waals surface area contributed by atoms with Gasteiger partial charge in [0.15, 0.2) is 0 Å². The summed E-state index contributed by atoms with van der Waals surface area (Å²) in [6.45, 7) is 0.771. The average Bonchev–Trinajstić information content (AvgIpc) is 2.66. The first kappa shape index (κ1) is 18.8. The first-order chi connectivity index (χ1) is 12.7. The molecule has 0 spiro atoms. The second kappa shape index (κ2) is 9.63. The molecule has 2 aromatic carbocycles. The van der Waals surface area contributed by atoms with Crippen LogP contribution in [0.25, 0.3) is 0 Å². The van der Waals surface area contributed by atoms with Gasteiger partial charge in [-0.1, -0.05) is 55.8 Å². The molecular formula is C22H26ClNO2. The molecule has 26 heavy (non-hydrogen) atoms. The Morgan fingerprint density at radius 2 is 1.69 bits per heavy atom. The molecule has 3 nitrogen and oxygen atoms in total. The van der Waals surface area contributed by atoms with Crippen molar-refractivity contribution >= 4 is 23.2 Å². The van der Waals surface area contributed by atoms with Crippen molar-refractivity contribution in [3.63, 3.8) is 0 Å². The third-order valence-corrected chi connectivity index (χ3v) is 5.19. The molecule has 1 amide bonds. The van der Waals surface area contributed by atoms with Gasteiger partial charge < -0.3 is 10.1 Å². The van der Waals surface area contributed by atoms with Crippen molar-refractivity contribution in [1.29, 1.82) is 0 Å². The summed E-state index contributed by atoms with van der Waals surface area (Å²) in [4.78, 5) is 12.1. The first-order valence-electron chi connectivity index (χ1n) is 9.46. The van der Waals surface area contributed by atoms with Crippen LogP contribution in [0.1, 0.15) is 44.1 Å². The first-order valence-corrected chi connectivity index (χ1v) is 9.84. The Morgan fingerprint density at radius 3 is 2.38 bits per heavy atom. The van der Waals surface area contributed by atoms with Crippen LogP contribution in [0.4, 0.5) is 5.69 Å². The lowest BCUT2D eigenvalue weighted by molar-refractivity contribution is -0.115. The van der Waals surface area contributed by atoms with Crippen molar-refractivity contribution in [3.8, 4) is 5.75 Å². The Balaban J connectivity index is 1.41. The lowest BCUT2D eigenvalue weighted by Crippen LogP contribution is -2.14. The number of hydrogen-bond donors (Lipinski definition) is 1. The van der Waals surface area contributed by atoms with E-state index in [2.05, 4.69) is 5.32 Å². The Hall–Kier alpha value is -2.00. The summed E-state index contributed by atoms with van der Waals surface area (Å²) in [5, 5.41) is 3.59. The zero-order valence-electron chi connectivity index (χ0n) is 15.0. The fourth-order valence-corrected chi connectivity index (χ4v) is 3.57.